The lowest BCUT2D eigenvalue weighted by Gasteiger charge is -2.15. The van der Waals surface area contributed by atoms with Crippen LogP contribution in [0.25, 0.3) is 0 Å². The van der Waals surface area contributed by atoms with Crippen LogP contribution in [0.1, 0.15) is 23.2 Å². The number of carbonyl (C=O) groups excluding carboxylic acids is 1. The number of amides is 1. The van der Waals surface area contributed by atoms with Gasteiger partial charge in [-0.25, -0.2) is 12.8 Å². The van der Waals surface area contributed by atoms with Gasteiger partial charge in [-0.15, -0.1) is 0 Å². The van der Waals surface area contributed by atoms with Gasteiger partial charge in [0.2, 0.25) is 0 Å². The fourth-order valence-electron chi connectivity index (χ4n) is 2.02. The molecule has 1 aromatic carbocycles. The van der Waals surface area contributed by atoms with E-state index < -0.39 is 20.5 Å². The monoisotopic (exact) mass is 271 g/mol. The molecule has 0 saturated carbocycles. The summed E-state index contributed by atoms with van der Waals surface area (Å²) in [6.45, 7) is 1.34. The largest absolute Gasteiger partial charge is 0.339 e. The minimum atomic E-state index is -3.66. The third-order valence-corrected chi connectivity index (χ3v) is 4.08. The number of rotatable bonds is 2. The van der Waals surface area contributed by atoms with Crippen molar-refractivity contribution in [1.29, 1.82) is 0 Å². The van der Waals surface area contributed by atoms with Crippen LogP contribution >= 0.6 is 0 Å². The number of carbonyl (C=O) groups is 1. The molecule has 1 aromatic rings. The maximum Gasteiger partial charge on any atom is 0.253 e. The van der Waals surface area contributed by atoms with E-state index in [1.165, 1.54) is 6.07 Å². The minimum Gasteiger partial charge on any atom is -0.339 e. The minimum absolute atomic E-state index is 0.221. The molecule has 0 aromatic heterocycles. The van der Waals surface area contributed by atoms with Crippen molar-refractivity contribution in [3.63, 3.8) is 0 Å². The van der Waals surface area contributed by atoms with Crippen molar-refractivity contribution in [2.75, 3.05) is 19.3 Å². The quantitative estimate of drug-likeness (QED) is 0.818. The van der Waals surface area contributed by atoms with Gasteiger partial charge in [0, 0.05) is 24.9 Å². The summed E-state index contributed by atoms with van der Waals surface area (Å²) in [6.07, 6.45) is 2.83. The van der Waals surface area contributed by atoms with Gasteiger partial charge in [0.15, 0.2) is 9.84 Å². The van der Waals surface area contributed by atoms with Gasteiger partial charge in [-0.3, -0.25) is 4.79 Å². The summed E-state index contributed by atoms with van der Waals surface area (Å²) >= 11 is 0. The molecule has 1 aliphatic heterocycles. The molecule has 0 spiro atoms. The van der Waals surface area contributed by atoms with Gasteiger partial charge < -0.3 is 4.90 Å². The fourth-order valence-corrected chi connectivity index (χ4v) is 2.79. The van der Waals surface area contributed by atoms with Crippen molar-refractivity contribution in [2.45, 2.75) is 17.7 Å². The highest BCUT2D eigenvalue weighted by Gasteiger charge is 2.22. The molecule has 1 saturated heterocycles. The molecule has 6 heteroatoms. The Morgan fingerprint density at radius 3 is 2.44 bits per heavy atom. The second-order valence-corrected chi connectivity index (χ2v) is 6.40. The molecular formula is C12H14FNO3S. The summed E-state index contributed by atoms with van der Waals surface area (Å²) in [4.78, 5) is 13.3. The van der Waals surface area contributed by atoms with Crippen molar-refractivity contribution < 1.29 is 17.6 Å². The highest BCUT2D eigenvalue weighted by atomic mass is 32.2. The number of benzene rings is 1. The SMILES string of the molecule is CS(=O)(=O)c1cc(C(=O)N2CCCC2)ccc1F. The summed E-state index contributed by atoms with van der Waals surface area (Å²) in [7, 11) is -3.66. The predicted octanol–water partition coefficient (Wildman–Crippen LogP) is 1.47. The molecule has 0 unspecified atom stereocenters. The van der Waals surface area contributed by atoms with Crippen molar-refractivity contribution in [3.8, 4) is 0 Å². The highest BCUT2D eigenvalue weighted by Crippen LogP contribution is 2.19. The first-order valence-electron chi connectivity index (χ1n) is 5.68. The Kier molecular flexibility index (Phi) is 3.38. The molecule has 1 aliphatic rings. The summed E-state index contributed by atoms with van der Waals surface area (Å²) < 4.78 is 36.2. The summed E-state index contributed by atoms with van der Waals surface area (Å²) in [5.74, 6) is -1.06. The first kappa shape index (κ1) is 13.0. The maximum atomic E-state index is 13.4. The van der Waals surface area contributed by atoms with Gasteiger partial charge in [-0.2, -0.15) is 0 Å². The molecule has 2 rings (SSSR count). The first-order chi connectivity index (χ1) is 8.39. The lowest BCUT2D eigenvalue weighted by Crippen LogP contribution is -2.27. The van der Waals surface area contributed by atoms with E-state index in [0.29, 0.717) is 13.1 Å². The third-order valence-electron chi connectivity index (χ3n) is 2.97. The Bertz CT molecular complexity index is 577. The molecule has 0 N–H and O–H groups in total. The molecule has 0 aliphatic carbocycles. The molecule has 18 heavy (non-hydrogen) atoms. The smallest absolute Gasteiger partial charge is 0.253 e. The third kappa shape index (κ3) is 2.53. The highest BCUT2D eigenvalue weighted by molar-refractivity contribution is 7.90. The molecule has 1 amide bonds. The van der Waals surface area contributed by atoms with Gasteiger partial charge in [-0.1, -0.05) is 0 Å². The van der Waals surface area contributed by atoms with Gasteiger partial charge in [-0.05, 0) is 31.0 Å². The number of hydrogen-bond donors (Lipinski definition) is 0. The normalized spacial score (nSPS) is 16.0. The Balaban J connectivity index is 2.38. The van der Waals surface area contributed by atoms with Crippen LogP contribution in [-0.4, -0.2) is 38.6 Å². The van der Waals surface area contributed by atoms with E-state index in [9.17, 15) is 17.6 Å². The fraction of sp³-hybridized carbons (Fsp3) is 0.417. The van der Waals surface area contributed by atoms with E-state index in [-0.39, 0.29) is 11.5 Å². The standard InChI is InChI=1S/C12H14FNO3S/c1-18(16,17)11-8-9(4-5-10(11)13)12(15)14-6-2-3-7-14/h4-5,8H,2-3,6-7H2,1H3. The Morgan fingerprint density at radius 2 is 1.89 bits per heavy atom. The van der Waals surface area contributed by atoms with E-state index in [1.807, 2.05) is 0 Å². The number of hydrogen-bond acceptors (Lipinski definition) is 3. The Labute approximate surface area is 105 Å². The molecular weight excluding hydrogens is 257 g/mol. The van der Waals surface area contributed by atoms with Gasteiger partial charge >= 0.3 is 0 Å². The van der Waals surface area contributed by atoms with Gasteiger partial charge in [0.1, 0.15) is 10.7 Å². The summed E-state index contributed by atoms with van der Waals surface area (Å²) in [6, 6.07) is 3.47. The lowest BCUT2D eigenvalue weighted by atomic mass is 10.2. The number of likely N-dealkylation sites (tertiary alicyclic amines) is 1. The zero-order chi connectivity index (χ0) is 13.3. The van der Waals surface area contributed by atoms with Crippen LogP contribution in [0.3, 0.4) is 0 Å². The van der Waals surface area contributed by atoms with Crippen molar-refractivity contribution in [2.24, 2.45) is 0 Å². The van der Waals surface area contributed by atoms with Crippen LogP contribution in [0.4, 0.5) is 4.39 Å². The van der Waals surface area contributed by atoms with Crippen LogP contribution in [-0.2, 0) is 9.84 Å². The van der Waals surface area contributed by atoms with Crippen LogP contribution in [0.2, 0.25) is 0 Å². The van der Waals surface area contributed by atoms with E-state index in [1.54, 1.807) is 4.90 Å². The van der Waals surface area contributed by atoms with Crippen LogP contribution < -0.4 is 0 Å². The zero-order valence-corrected chi connectivity index (χ0v) is 10.8. The summed E-state index contributed by atoms with van der Waals surface area (Å²) in [5.41, 5.74) is 0.221. The van der Waals surface area contributed by atoms with Gasteiger partial charge in [0.25, 0.3) is 5.91 Å². The van der Waals surface area contributed by atoms with Crippen LogP contribution in [0, 0.1) is 5.82 Å². The zero-order valence-electron chi connectivity index (χ0n) is 10.0. The molecule has 1 heterocycles. The second-order valence-electron chi connectivity index (χ2n) is 4.42. The molecule has 1 fully saturated rings. The van der Waals surface area contributed by atoms with Crippen molar-refractivity contribution in [1.82, 2.24) is 4.90 Å². The molecule has 0 atom stereocenters. The van der Waals surface area contributed by atoms with E-state index in [0.717, 1.165) is 31.2 Å². The first-order valence-corrected chi connectivity index (χ1v) is 7.57. The predicted molar refractivity (Wildman–Crippen MR) is 64.6 cm³/mol. The molecule has 98 valence electrons. The molecule has 0 radical (unpaired) electrons. The molecule has 4 nitrogen and oxygen atoms in total. The van der Waals surface area contributed by atoms with Crippen LogP contribution in [0.15, 0.2) is 23.1 Å². The number of sulfone groups is 1. The number of halogens is 1. The van der Waals surface area contributed by atoms with Crippen LogP contribution in [0.5, 0.6) is 0 Å². The lowest BCUT2D eigenvalue weighted by molar-refractivity contribution is 0.0792. The average molecular weight is 271 g/mol. The van der Waals surface area contributed by atoms with E-state index >= 15 is 0 Å². The Morgan fingerprint density at radius 1 is 1.28 bits per heavy atom. The topological polar surface area (TPSA) is 54.5 Å². The Hall–Kier alpha value is -1.43. The number of nitrogens with zero attached hydrogens (tertiary/aromatic N) is 1. The van der Waals surface area contributed by atoms with E-state index in [2.05, 4.69) is 0 Å². The van der Waals surface area contributed by atoms with E-state index in [4.69, 9.17) is 0 Å². The summed E-state index contributed by atoms with van der Waals surface area (Å²) in [5, 5.41) is 0. The second kappa shape index (κ2) is 4.68. The van der Waals surface area contributed by atoms with Crippen molar-refractivity contribution >= 4 is 15.7 Å². The molecule has 0 bridgehead atoms. The van der Waals surface area contributed by atoms with Crippen molar-refractivity contribution in [3.05, 3.63) is 29.6 Å². The average Bonchev–Trinajstić information content (AvgIpc) is 2.80. The van der Waals surface area contributed by atoms with Gasteiger partial charge in [0.05, 0.1) is 0 Å². The maximum absolute atomic E-state index is 13.4.